The van der Waals surface area contributed by atoms with Gasteiger partial charge in [-0.15, -0.1) is 0 Å². The predicted molar refractivity (Wildman–Crippen MR) is 63.8 cm³/mol. The molecule has 0 saturated heterocycles. The van der Waals surface area contributed by atoms with Crippen LogP contribution in [0.2, 0.25) is 0 Å². The third-order valence-electron chi connectivity index (χ3n) is 3.73. The summed E-state index contributed by atoms with van der Waals surface area (Å²) in [5.74, 6) is 1.59. The zero-order valence-corrected chi connectivity index (χ0v) is 9.65. The Morgan fingerprint density at radius 1 is 1.27 bits per heavy atom. The summed E-state index contributed by atoms with van der Waals surface area (Å²) in [5.41, 5.74) is 1.31. The summed E-state index contributed by atoms with van der Waals surface area (Å²) < 4.78 is 0. The monoisotopic (exact) mass is 203 g/mol. The van der Waals surface area contributed by atoms with E-state index in [1.54, 1.807) is 0 Å². The molecule has 0 aliphatic heterocycles. The minimum atomic E-state index is 0.700. The van der Waals surface area contributed by atoms with Crippen molar-refractivity contribution in [3.63, 3.8) is 0 Å². The first-order valence-electron chi connectivity index (χ1n) is 6.32. The van der Waals surface area contributed by atoms with Crippen molar-refractivity contribution in [2.45, 2.75) is 51.4 Å². The lowest BCUT2D eigenvalue weighted by atomic mass is 9.77. The van der Waals surface area contributed by atoms with Crippen LogP contribution in [-0.2, 0) is 0 Å². The molecule has 1 heterocycles. The Kier molecular flexibility index (Phi) is 3.76. The van der Waals surface area contributed by atoms with Crippen LogP contribution in [0.4, 0.5) is 0 Å². The van der Waals surface area contributed by atoms with E-state index in [4.69, 9.17) is 0 Å². The van der Waals surface area contributed by atoms with Gasteiger partial charge in [-0.1, -0.05) is 32.3 Å². The second-order valence-corrected chi connectivity index (χ2v) is 4.67. The molecule has 82 valence electrons. The molecule has 1 aromatic rings. The van der Waals surface area contributed by atoms with Gasteiger partial charge in [-0.25, -0.2) is 0 Å². The van der Waals surface area contributed by atoms with E-state index < -0.39 is 0 Å². The third kappa shape index (κ3) is 2.58. The van der Waals surface area contributed by atoms with Crippen LogP contribution in [0.5, 0.6) is 0 Å². The summed E-state index contributed by atoms with van der Waals surface area (Å²) in [4.78, 5) is 4.53. The molecule has 1 fully saturated rings. The van der Waals surface area contributed by atoms with Crippen LogP contribution < -0.4 is 0 Å². The number of aromatic nitrogens is 1. The lowest BCUT2D eigenvalue weighted by Crippen LogP contribution is -2.16. The van der Waals surface area contributed by atoms with Crippen LogP contribution >= 0.6 is 0 Å². The average Bonchev–Trinajstić information content (AvgIpc) is 2.33. The maximum absolute atomic E-state index is 4.53. The Balaban J connectivity index is 2.09. The van der Waals surface area contributed by atoms with Gasteiger partial charge < -0.3 is 0 Å². The molecule has 0 bridgehead atoms. The summed E-state index contributed by atoms with van der Waals surface area (Å²) in [7, 11) is 0. The number of hydrogen-bond acceptors (Lipinski definition) is 1. The Morgan fingerprint density at radius 2 is 2.07 bits per heavy atom. The smallest absolute Gasteiger partial charge is 0.0437 e. The van der Waals surface area contributed by atoms with E-state index in [-0.39, 0.29) is 0 Å². The van der Waals surface area contributed by atoms with Gasteiger partial charge >= 0.3 is 0 Å². The highest BCUT2D eigenvalue weighted by atomic mass is 14.7. The summed E-state index contributed by atoms with van der Waals surface area (Å²) in [6.07, 6.45) is 10.3. The van der Waals surface area contributed by atoms with Crippen LogP contribution in [0.25, 0.3) is 0 Å². The van der Waals surface area contributed by atoms with Crippen molar-refractivity contribution in [3.05, 3.63) is 30.1 Å². The molecule has 1 heteroatoms. The van der Waals surface area contributed by atoms with Crippen molar-refractivity contribution in [2.75, 3.05) is 0 Å². The van der Waals surface area contributed by atoms with Crippen molar-refractivity contribution in [1.82, 2.24) is 4.98 Å². The average molecular weight is 203 g/mol. The van der Waals surface area contributed by atoms with Gasteiger partial charge in [0.05, 0.1) is 0 Å². The van der Waals surface area contributed by atoms with Crippen LogP contribution in [0.15, 0.2) is 24.4 Å². The molecular formula is C14H21N. The maximum atomic E-state index is 4.53. The molecule has 1 unspecified atom stereocenters. The topological polar surface area (TPSA) is 12.9 Å². The van der Waals surface area contributed by atoms with E-state index in [9.17, 15) is 0 Å². The van der Waals surface area contributed by atoms with Crippen molar-refractivity contribution < 1.29 is 0 Å². The molecule has 1 aliphatic rings. The van der Waals surface area contributed by atoms with Crippen molar-refractivity contribution >= 4 is 0 Å². The van der Waals surface area contributed by atoms with Gasteiger partial charge in [-0.05, 0) is 37.3 Å². The summed E-state index contributed by atoms with van der Waals surface area (Å²) in [5, 5.41) is 0. The highest BCUT2D eigenvalue weighted by Crippen LogP contribution is 2.36. The van der Waals surface area contributed by atoms with E-state index in [1.165, 1.54) is 44.2 Å². The molecule has 1 aromatic heterocycles. The van der Waals surface area contributed by atoms with E-state index in [1.807, 2.05) is 12.3 Å². The predicted octanol–water partition coefficient (Wildman–Crippen LogP) is 4.16. The highest BCUT2D eigenvalue weighted by molar-refractivity contribution is 5.10. The number of rotatable bonds is 3. The van der Waals surface area contributed by atoms with Crippen LogP contribution in [0.3, 0.4) is 0 Å². The number of nitrogens with zero attached hydrogens (tertiary/aromatic N) is 1. The van der Waals surface area contributed by atoms with E-state index in [2.05, 4.69) is 24.0 Å². The molecule has 0 aromatic carbocycles. The fourth-order valence-electron chi connectivity index (χ4n) is 2.92. The van der Waals surface area contributed by atoms with E-state index >= 15 is 0 Å². The van der Waals surface area contributed by atoms with Gasteiger partial charge in [0.2, 0.25) is 0 Å². The molecule has 0 spiro atoms. The SMILES string of the molecule is CCC(c1ccccn1)C1CCCCC1. The molecule has 1 atom stereocenters. The summed E-state index contributed by atoms with van der Waals surface area (Å²) >= 11 is 0. The quantitative estimate of drug-likeness (QED) is 0.719. The minimum Gasteiger partial charge on any atom is -0.261 e. The van der Waals surface area contributed by atoms with E-state index in [0.717, 1.165) is 5.92 Å². The summed E-state index contributed by atoms with van der Waals surface area (Å²) in [6, 6.07) is 6.33. The molecule has 1 saturated carbocycles. The van der Waals surface area contributed by atoms with Crippen LogP contribution in [0, 0.1) is 5.92 Å². The van der Waals surface area contributed by atoms with Crippen molar-refractivity contribution in [2.24, 2.45) is 5.92 Å². The van der Waals surface area contributed by atoms with Gasteiger partial charge in [-0.2, -0.15) is 0 Å². The fourth-order valence-corrected chi connectivity index (χ4v) is 2.92. The first-order valence-corrected chi connectivity index (χ1v) is 6.32. The van der Waals surface area contributed by atoms with Gasteiger partial charge in [-0.3, -0.25) is 4.98 Å². The minimum absolute atomic E-state index is 0.700. The third-order valence-corrected chi connectivity index (χ3v) is 3.73. The normalized spacial score (nSPS) is 20.1. The molecule has 2 rings (SSSR count). The molecular weight excluding hydrogens is 182 g/mol. The molecule has 1 nitrogen and oxygen atoms in total. The highest BCUT2D eigenvalue weighted by Gasteiger charge is 2.24. The van der Waals surface area contributed by atoms with E-state index in [0.29, 0.717) is 5.92 Å². The number of hydrogen-bond donors (Lipinski definition) is 0. The summed E-state index contributed by atoms with van der Waals surface area (Å²) in [6.45, 7) is 2.30. The van der Waals surface area contributed by atoms with Crippen LogP contribution in [0.1, 0.15) is 57.1 Å². The largest absolute Gasteiger partial charge is 0.261 e. The molecule has 1 aliphatic carbocycles. The standard InChI is InChI=1S/C14H21N/c1-2-13(12-8-4-3-5-9-12)14-10-6-7-11-15-14/h6-7,10-13H,2-5,8-9H2,1H3. The Labute approximate surface area is 92.9 Å². The Hall–Kier alpha value is -0.850. The lowest BCUT2D eigenvalue weighted by Gasteiger charge is -2.29. The second-order valence-electron chi connectivity index (χ2n) is 4.67. The van der Waals surface area contributed by atoms with Gasteiger partial charge in [0, 0.05) is 17.8 Å². The Bertz CT molecular complexity index is 275. The fraction of sp³-hybridized carbons (Fsp3) is 0.643. The maximum Gasteiger partial charge on any atom is 0.0437 e. The molecule has 0 radical (unpaired) electrons. The number of pyridine rings is 1. The van der Waals surface area contributed by atoms with Crippen molar-refractivity contribution in [1.29, 1.82) is 0 Å². The molecule has 15 heavy (non-hydrogen) atoms. The Morgan fingerprint density at radius 3 is 2.67 bits per heavy atom. The molecule has 0 N–H and O–H groups in total. The lowest BCUT2D eigenvalue weighted by molar-refractivity contribution is 0.295. The zero-order valence-electron chi connectivity index (χ0n) is 9.65. The second kappa shape index (κ2) is 5.29. The zero-order chi connectivity index (χ0) is 10.5. The first-order chi connectivity index (χ1) is 7.42. The van der Waals surface area contributed by atoms with Gasteiger partial charge in [0.15, 0.2) is 0 Å². The van der Waals surface area contributed by atoms with Gasteiger partial charge in [0.25, 0.3) is 0 Å². The first kappa shape index (κ1) is 10.7. The van der Waals surface area contributed by atoms with Gasteiger partial charge in [0.1, 0.15) is 0 Å². The van der Waals surface area contributed by atoms with Crippen LogP contribution in [-0.4, -0.2) is 4.98 Å². The van der Waals surface area contributed by atoms with Crippen molar-refractivity contribution in [3.8, 4) is 0 Å². The molecule has 0 amide bonds.